The van der Waals surface area contributed by atoms with Crippen molar-refractivity contribution in [2.45, 2.75) is 51.9 Å². The molecule has 6 nitrogen and oxygen atoms in total. The molecule has 1 aromatic carbocycles. The van der Waals surface area contributed by atoms with Gasteiger partial charge in [-0.2, -0.15) is 0 Å². The van der Waals surface area contributed by atoms with Gasteiger partial charge in [0.15, 0.2) is 5.17 Å². The molecule has 1 aliphatic rings. The molecule has 1 aliphatic carbocycles. The Kier molecular flexibility index (Phi) is 8.64. The third kappa shape index (κ3) is 6.57. The fourth-order valence-electron chi connectivity index (χ4n) is 3.11. The van der Waals surface area contributed by atoms with Crippen LogP contribution in [0.2, 0.25) is 0 Å². The number of aryl methyl sites for hydroxylation is 1. The van der Waals surface area contributed by atoms with E-state index in [4.69, 9.17) is 0 Å². The standard InChI is InChI=1S/C20H29N3O3S/c1-4-5-8-14-11-12-16(21-18(24)15-9-6-7-10-15)17(13-14)22-19(27-3)23-20(25)26-2/h11-13,15H,4-10H2,1-3H3,(H,21,24)(H,22,23,25). The molecule has 0 aliphatic heterocycles. The van der Waals surface area contributed by atoms with Crippen molar-refractivity contribution in [2.75, 3.05) is 18.7 Å². The van der Waals surface area contributed by atoms with Gasteiger partial charge in [-0.3, -0.25) is 10.1 Å². The minimum Gasteiger partial charge on any atom is -0.453 e. The van der Waals surface area contributed by atoms with Gasteiger partial charge in [-0.25, -0.2) is 9.79 Å². The lowest BCUT2D eigenvalue weighted by Gasteiger charge is -2.14. The normalized spacial score (nSPS) is 14.9. The summed E-state index contributed by atoms with van der Waals surface area (Å²) >= 11 is 1.31. The highest BCUT2D eigenvalue weighted by atomic mass is 32.2. The molecule has 2 rings (SSSR count). The number of rotatable bonds is 6. The molecule has 2 N–H and O–H groups in total. The summed E-state index contributed by atoms with van der Waals surface area (Å²) in [4.78, 5) is 28.6. The highest BCUT2D eigenvalue weighted by Crippen LogP contribution is 2.31. The lowest BCUT2D eigenvalue weighted by Crippen LogP contribution is -2.27. The molecule has 1 saturated carbocycles. The zero-order valence-corrected chi connectivity index (χ0v) is 17.2. The second kappa shape index (κ2) is 11.0. The van der Waals surface area contributed by atoms with Gasteiger partial charge in [-0.15, -0.1) is 0 Å². The second-order valence-electron chi connectivity index (χ2n) is 6.66. The molecule has 0 spiro atoms. The highest BCUT2D eigenvalue weighted by Gasteiger charge is 2.23. The Hall–Kier alpha value is -2.02. The fourth-order valence-corrected chi connectivity index (χ4v) is 3.48. The topological polar surface area (TPSA) is 79.8 Å². The Bertz CT molecular complexity index is 685. The van der Waals surface area contributed by atoms with Gasteiger partial charge < -0.3 is 10.1 Å². The van der Waals surface area contributed by atoms with Gasteiger partial charge in [0.05, 0.1) is 18.5 Å². The van der Waals surface area contributed by atoms with Crippen molar-refractivity contribution < 1.29 is 14.3 Å². The minimum absolute atomic E-state index is 0.0527. The van der Waals surface area contributed by atoms with Crippen LogP contribution in [0.3, 0.4) is 0 Å². The van der Waals surface area contributed by atoms with Gasteiger partial charge in [0.25, 0.3) is 0 Å². The van der Waals surface area contributed by atoms with E-state index in [1.165, 1.54) is 18.9 Å². The van der Waals surface area contributed by atoms with Crippen LogP contribution < -0.4 is 10.6 Å². The Labute approximate surface area is 165 Å². The summed E-state index contributed by atoms with van der Waals surface area (Å²) in [6.07, 6.45) is 8.52. The molecule has 0 unspecified atom stereocenters. The van der Waals surface area contributed by atoms with Gasteiger partial charge in [-0.1, -0.05) is 44.0 Å². The van der Waals surface area contributed by atoms with Crippen LogP contribution >= 0.6 is 11.8 Å². The van der Waals surface area contributed by atoms with E-state index >= 15 is 0 Å². The molecule has 1 fully saturated rings. The van der Waals surface area contributed by atoms with Crippen molar-refractivity contribution in [2.24, 2.45) is 10.9 Å². The molecule has 7 heteroatoms. The molecule has 27 heavy (non-hydrogen) atoms. The Morgan fingerprint density at radius 1 is 1.30 bits per heavy atom. The number of amides is 2. The first-order valence-corrected chi connectivity index (χ1v) is 10.7. The first-order valence-electron chi connectivity index (χ1n) is 9.48. The van der Waals surface area contributed by atoms with Crippen molar-refractivity contribution >= 4 is 40.3 Å². The Morgan fingerprint density at radius 2 is 2.04 bits per heavy atom. The van der Waals surface area contributed by atoms with Crippen LogP contribution in [0.5, 0.6) is 0 Å². The first-order chi connectivity index (χ1) is 13.1. The number of amidine groups is 1. The molecule has 0 radical (unpaired) electrons. The van der Waals surface area contributed by atoms with Crippen LogP contribution in [-0.2, 0) is 16.0 Å². The molecule has 148 valence electrons. The van der Waals surface area contributed by atoms with Crippen LogP contribution in [0.1, 0.15) is 51.0 Å². The number of hydrogen-bond donors (Lipinski definition) is 2. The second-order valence-corrected chi connectivity index (χ2v) is 7.46. The molecular weight excluding hydrogens is 362 g/mol. The van der Waals surface area contributed by atoms with Crippen LogP contribution in [0.25, 0.3) is 0 Å². The maximum atomic E-state index is 12.5. The number of methoxy groups -OCH3 is 1. The van der Waals surface area contributed by atoms with Gasteiger partial charge in [0.1, 0.15) is 0 Å². The van der Waals surface area contributed by atoms with E-state index in [0.29, 0.717) is 16.5 Å². The van der Waals surface area contributed by atoms with Gasteiger partial charge in [0.2, 0.25) is 5.91 Å². The summed E-state index contributed by atoms with van der Waals surface area (Å²) < 4.78 is 4.65. The lowest BCUT2D eigenvalue weighted by molar-refractivity contribution is -0.119. The summed E-state index contributed by atoms with van der Waals surface area (Å²) in [5.74, 6) is 0.131. The molecule has 0 heterocycles. The van der Waals surface area contributed by atoms with Gasteiger partial charge in [-0.05, 0) is 49.6 Å². The summed E-state index contributed by atoms with van der Waals surface area (Å²) in [6, 6.07) is 5.92. The van der Waals surface area contributed by atoms with Crippen LogP contribution in [0.4, 0.5) is 16.2 Å². The molecule has 0 aromatic heterocycles. The summed E-state index contributed by atoms with van der Waals surface area (Å²) in [5, 5.41) is 6.06. The van der Waals surface area contributed by atoms with Crippen LogP contribution in [-0.4, -0.2) is 30.5 Å². The number of benzene rings is 1. The Balaban J connectivity index is 2.27. The number of carbonyl (C=O) groups excluding carboxylic acids is 2. The summed E-state index contributed by atoms with van der Waals surface area (Å²) in [7, 11) is 1.31. The van der Waals surface area contributed by atoms with E-state index in [-0.39, 0.29) is 11.8 Å². The minimum atomic E-state index is -0.568. The van der Waals surface area contributed by atoms with Gasteiger partial charge >= 0.3 is 6.09 Å². The summed E-state index contributed by atoms with van der Waals surface area (Å²) in [5.41, 5.74) is 2.48. The largest absolute Gasteiger partial charge is 0.453 e. The number of thioether (sulfide) groups is 1. The smallest absolute Gasteiger partial charge is 0.412 e. The highest BCUT2D eigenvalue weighted by molar-refractivity contribution is 8.13. The first kappa shape index (κ1) is 21.3. The molecule has 0 saturated heterocycles. The number of aliphatic imine (C=N–C) groups is 1. The average Bonchev–Trinajstić information content (AvgIpc) is 3.22. The average molecular weight is 392 g/mol. The maximum absolute atomic E-state index is 12.5. The molecular formula is C20H29N3O3S. The molecule has 1 aromatic rings. The maximum Gasteiger partial charge on any atom is 0.412 e. The van der Waals surface area contributed by atoms with Crippen LogP contribution in [0.15, 0.2) is 23.2 Å². The molecule has 0 atom stereocenters. The van der Waals surface area contributed by atoms with Crippen LogP contribution in [0, 0.1) is 5.92 Å². The monoisotopic (exact) mass is 391 g/mol. The molecule has 0 bridgehead atoms. The quantitative estimate of drug-likeness (QED) is 0.536. The van der Waals surface area contributed by atoms with Crippen molar-refractivity contribution in [3.8, 4) is 0 Å². The fraction of sp³-hybridized carbons (Fsp3) is 0.550. The summed E-state index contributed by atoms with van der Waals surface area (Å²) in [6.45, 7) is 2.15. The number of unbranched alkanes of at least 4 members (excludes halogenated alkanes) is 1. The zero-order valence-electron chi connectivity index (χ0n) is 16.3. The van der Waals surface area contributed by atoms with E-state index in [9.17, 15) is 9.59 Å². The number of nitrogens with zero attached hydrogens (tertiary/aromatic N) is 1. The third-order valence-corrected chi connectivity index (χ3v) is 5.25. The van der Waals surface area contributed by atoms with Gasteiger partial charge in [0, 0.05) is 5.92 Å². The zero-order chi connectivity index (χ0) is 19.6. The third-order valence-electron chi connectivity index (χ3n) is 4.67. The van der Waals surface area contributed by atoms with Crippen molar-refractivity contribution in [3.63, 3.8) is 0 Å². The number of carbonyl (C=O) groups is 2. The van der Waals surface area contributed by atoms with E-state index in [0.717, 1.165) is 50.5 Å². The van der Waals surface area contributed by atoms with E-state index in [2.05, 4.69) is 27.3 Å². The number of anilines is 1. The number of ether oxygens (including phenoxy) is 1. The number of alkyl carbamates (subject to hydrolysis) is 1. The lowest BCUT2D eigenvalue weighted by atomic mass is 10.1. The van der Waals surface area contributed by atoms with E-state index < -0.39 is 6.09 Å². The number of nitrogens with one attached hydrogen (secondary N) is 2. The SMILES string of the molecule is CCCCc1ccc(NC(=O)C2CCCC2)c(N=C(NC(=O)OC)SC)c1. The molecule has 2 amide bonds. The van der Waals surface area contributed by atoms with Crippen molar-refractivity contribution in [3.05, 3.63) is 23.8 Å². The Morgan fingerprint density at radius 3 is 2.67 bits per heavy atom. The predicted molar refractivity (Wildman–Crippen MR) is 112 cm³/mol. The van der Waals surface area contributed by atoms with E-state index in [1.807, 2.05) is 24.5 Å². The number of hydrogen-bond acceptors (Lipinski definition) is 5. The van der Waals surface area contributed by atoms with Crippen molar-refractivity contribution in [1.29, 1.82) is 0 Å². The predicted octanol–water partition coefficient (Wildman–Crippen LogP) is 4.86. The van der Waals surface area contributed by atoms with Crippen molar-refractivity contribution in [1.82, 2.24) is 5.32 Å². The van der Waals surface area contributed by atoms with E-state index in [1.54, 1.807) is 0 Å².